The lowest BCUT2D eigenvalue weighted by atomic mass is 10.2. The molecule has 1 heterocycles. The standard InChI is InChI=1S/C16H20FNOS/c1-11(2)18-9-14-6-7-15(20-14)10-19-16-8-13(17)5-4-12(16)3/h4-8,11,18H,9-10H2,1-3H3. The summed E-state index contributed by atoms with van der Waals surface area (Å²) in [4.78, 5) is 2.43. The van der Waals surface area contributed by atoms with Gasteiger partial charge in [0.1, 0.15) is 18.2 Å². The van der Waals surface area contributed by atoms with Crippen molar-refractivity contribution in [1.29, 1.82) is 0 Å². The molecule has 0 spiro atoms. The Morgan fingerprint density at radius 2 is 1.95 bits per heavy atom. The first-order valence-electron chi connectivity index (χ1n) is 6.74. The highest BCUT2D eigenvalue weighted by atomic mass is 32.1. The molecule has 0 aliphatic carbocycles. The number of rotatable bonds is 6. The van der Waals surface area contributed by atoms with Crippen LogP contribution >= 0.6 is 11.3 Å². The van der Waals surface area contributed by atoms with Crippen molar-refractivity contribution in [3.63, 3.8) is 0 Å². The Morgan fingerprint density at radius 1 is 1.20 bits per heavy atom. The zero-order chi connectivity index (χ0) is 14.5. The molecule has 1 aromatic carbocycles. The minimum atomic E-state index is -0.265. The Kier molecular flexibility index (Phi) is 5.15. The number of thiophene rings is 1. The molecule has 0 saturated carbocycles. The molecule has 0 atom stereocenters. The quantitative estimate of drug-likeness (QED) is 0.858. The third-order valence-electron chi connectivity index (χ3n) is 2.92. The van der Waals surface area contributed by atoms with E-state index >= 15 is 0 Å². The molecule has 0 saturated heterocycles. The smallest absolute Gasteiger partial charge is 0.126 e. The van der Waals surface area contributed by atoms with Gasteiger partial charge in [0.05, 0.1) is 0 Å². The lowest BCUT2D eigenvalue weighted by Gasteiger charge is -2.08. The molecule has 2 rings (SSSR count). The highest BCUT2D eigenvalue weighted by Crippen LogP contribution is 2.22. The fourth-order valence-corrected chi connectivity index (χ4v) is 2.66. The van der Waals surface area contributed by atoms with E-state index in [1.807, 2.05) is 6.92 Å². The van der Waals surface area contributed by atoms with Crippen molar-refractivity contribution in [3.05, 3.63) is 51.5 Å². The number of hydrogen-bond acceptors (Lipinski definition) is 3. The molecule has 0 aliphatic rings. The van der Waals surface area contributed by atoms with Gasteiger partial charge >= 0.3 is 0 Å². The van der Waals surface area contributed by atoms with Gasteiger partial charge in [-0.1, -0.05) is 19.9 Å². The van der Waals surface area contributed by atoms with Crippen LogP contribution in [0.4, 0.5) is 4.39 Å². The van der Waals surface area contributed by atoms with Crippen molar-refractivity contribution in [2.75, 3.05) is 0 Å². The zero-order valence-corrected chi connectivity index (χ0v) is 12.9. The van der Waals surface area contributed by atoms with Crippen LogP contribution in [0.25, 0.3) is 0 Å². The van der Waals surface area contributed by atoms with E-state index in [4.69, 9.17) is 4.74 Å². The van der Waals surface area contributed by atoms with E-state index in [-0.39, 0.29) is 5.82 Å². The van der Waals surface area contributed by atoms with Crippen LogP contribution in [0, 0.1) is 12.7 Å². The molecular formula is C16H20FNOS. The molecule has 20 heavy (non-hydrogen) atoms. The molecule has 0 fully saturated rings. The number of halogens is 1. The lowest BCUT2D eigenvalue weighted by Crippen LogP contribution is -2.21. The highest BCUT2D eigenvalue weighted by Gasteiger charge is 2.05. The van der Waals surface area contributed by atoms with Crippen LogP contribution in [0.3, 0.4) is 0 Å². The SMILES string of the molecule is Cc1ccc(F)cc1OCc1ccc(CNC(C)C)s1. The van der Waals surface area contributed by atoms with Crippen LogP contribution in [0.15, 0.2) is 30.3 Å². The molecule has 108 valence electrons. The van der Waals surface area contributed by atoms with Crippen LogP contribution in [-0.2, 0) is 13.2 Å². The predicted molar refractivity (Wildman–Crippen MR) is 81.8 cm³/mol. The van der Waals surface area contributed by atoms with Crippen molar-refractivity contribution < 1.29 is 9.13 Å². The Morgan fingerprint density at radius 3 is 2.70 bits per heavy atom. The number of aryl methyl sites for hydroxylation is 1. The summed E-state index contributed by atoms with van der Waals surface area (Å²) in [5, 5.41) is 3.39. The maximum absolute atomic E-state index is 13.2. The van der Waals surface area contributed by atoms with Gasteiger partial charge in [0.2, 0.25) is 0 Å². The highest BCUT2D eigenvalue weighted by molar-refractivity contribution is 7.11. The number of benzene rings is 1. The molecule has 0 bridgehead atoms. The fraction of sp³-hybridized carbons (Fsp3) is 0.375. The van der Waals surface area contributed by atoms with Crippen molar-refractivity contribution in [2.24, 2.45) is 0 Å². The molecule has 0 unspecified atom stereocenters. The number of ether oxygens (including phenoxy) is 1. The molecule has 1 N–H and O–H groups in total. The van der Waals surface area contributed by atoms with Gasteiger partial charge in [-0.3, -0.25) is 0 Å². The maximum atomic E-state index is 13.2. The van der Waals surface area contributed by atoms with E-state index in [1.54, 1.807) is 17.4 Å². The van der Waals surface area contributed by atoms with E-state index in [0.717, 1.165) is 17.0 Å². The second kappa shape index (κ2) is 6.86. The number of nitrogens with one attached hydrogen (secondary N) is 1. The predicted octanol–water partition coefficient (Wildman–Crippen LogP) is 4.27. The third kappa shape index (κ3) is 4.32. The summed E-state index contributed by atoms with van der Waals surface area (Å²) in [6, 6.07) is 9.27. The molecule has 2 nitrogen and oxygen atoms in total. The summed E-state index contributed by atoms with van der Waals surface area (Å²) in [5.41, 5.74) is 0.949. The van der Waals surface area contributed by atoms with E-state index < -0.39 is 0 Å². The van der Waals surface area contributed by atoms with Gasteiger partial charge in [-0.2, -0.15) is 0 Å². The molecule has 0 amide bonds. The normalized spacial score (nSPS) is 11.1. The van der Waals surface area contributed by atoms with Crippen molar-refractivity contribution in [2.45, 2.75) is 40.0 Å². The summed E-state index contributed by atoms with van der Waals surface area (Å²) in [7, 11) is 0. The topological polar surface area (TPSA) is 21.3 Å². The number of hydrogen-bond donors (Lipinski definition) is 1. The minimum Gasteiger partial charge on any atom is -0.488 e. The van der Waals surface area contributed by atoms with Gasteiger partial charge in [-0.05, 0) is 30.7 Å². The van der Waals surface area contributed by atoms with Crippen molar-refractivity contribution in [1.82, 2.24) is 5.32 Å². The van der Waals surface area contributed by atoms with E-state index in [0.29, 0.717) is 18.4 Å². The second-order valence-electron chi connectivity index (χ2n) is 5.10. The molecule has 2 aromatic rings. The van der Waals surface area contributed by atoms with Crippen LogP contribution in [0.2, 0.25) is 0 Å². The van der Waals surface area contributed by atoms with Gasteiger partial charge in [-0.15, -0.1) is 11.3 Å². The summed E-state index contributed by atoms with van der Waals surface area (Å²) < 4.78 is 18.9. The molecule has 0 aliphatic heterocycles. The first-order valence-corrected chi connectivity index (χ1v) is 7.56. The van der Waals surface area contributed by atoms with Crippen molar-refractivity contribution in [3.8, 4) is 5.75 Å². The summed E-state index contributed by atoms with van der Waals surface area (Å²) in [6.45, 7) is 7.54. The molecule has 1 aromatic heterocycles. The first-order chi connectivity index (χ1) is 9.54. The van der Waals surface area contributed by atoms with Crippen LogP contribution in [-0.4, -0.2) is 6.04 Å². The Labute approximate surface area is 123 Å². The molecule has 0 radical (unpaired) electrons. The zero-order valence-electron chi connectivity index (χ0n) is 12.1. The molecular weight excluding hydrogens is 273 g/mol. The summed E-state index contributed by atoms with van der Waals surface area (Å²) in [6.07, 6.45) is 0. The van der Waals surface area contributed by atoms with E-state index in [1.165, 1.54) is 17.0 Å². The van der Waals surface area contributed by atoms with Gasteiger partial charge in [0.25, 0.3) is 0 Å². The van der Waals surface area contributed by atoms with E-state index in [9.17, 15) is 4.39 Å². The summed E-state index contributed by atoms with van der Waals surface area (Å²) >= 11 is 1.72. The van der Waals surface area contributed by atoms with Gasteiger partial charge < -0.3 is 10.1 Å². The minimum absolute atomic E-state index is 0.265. The van der Waals surface area contributed by atoms with Crippen LogP contribution in [0.1, 0.15) is 29.2 Å². The fourth-order valence-electron chi connectivity index (χ4n) is 1.78. The van der Waals surface area contributed by atoms with Gasteiger partial charge in [-0.25, -0.2) is 4.39 Å². The lowest BCUT2D eigenvalue weighted by molar-refractivity contribution is 0.306. The van der Waals surface area contributed by atoms with E-state index in [2.05, 4.69) is 31.3 Å². The Balaban J connectivity index is 1.92. The van der Waals surface area contributed by atoms with Gasteiger partial charge in [0, 0.05) is 28.4 Å². The van der Waals surface area contributed by atoms with Crippen molar-refractivity contribution >= 4 is 11.3 Å². The van der Waals surface area contributed by atoms with Crippen LogP contribution < -0.4 is 10.1 Å². The summed E-state index contributed by atoms with van der Waals surface area (Å²) in [5.74, 6) is 0.346. The Bertz CT molecular complexity index is 565. The average molecular weight is 293 g/mol. The second-order valence-corrected chi connectivity index (χ2v) is 6.35. The first kappa shape index (κ1) is 15.0. The Hall–Kier alpha value is -1.39. The van der Waals surface area contributed by atoms with Gasteiger partial charge in [0.15, 0.2) is 0 Å². The molecule has 4 heteroatoms. The third-order valence-corrected chi connectivity index (χ3v) is 3.98. The monoisotopic (exact) mass is 293 g/mol. The maximum Gasteiger partial charge on any atom is 0.126 e. The average Bonchev–Trinajstić information content (AvgIpc) is 2.85. The van der Waals surface area contributed by atoms with Crippen LogP contribution in [0.5, 0.6) is 5.75 Å². The largest absolute Gasteiger partial charge is 0.488 e.